The third kappa shape index (κ3) is 8.77. The number of carbonyl (C=O) groups excluding carboxylic acids is 2. The first-order valence-corrected chi connectivity index (χ1v) is 9.84. The molecule has 0 heterocycles. The molecule has 0 aromatic heterocycles. The van der Waals surface area contributed by atoms with Gasteiger partial charge in [-0.25, -0.2) is 0 Å². The summed E-state index contributed by atoms with van der Waals surface area (Å²) in [6.45, 7) is 2.13. The van der Waals surface area contributed by atoms with E-state index in [0.717, 1.165) is 44.9 Å². The molecule has 0 fully saturated rings. The average molecular weight is 366 g/mol. The van der Waals surface area contributed by atoms with Crippen molar-refractivity contribution in [2.24, 2.45) is 5.92 Å². The fraction of sp³-hybridized carbons (Fsp3) is 0.714. The standard InChI is InChI=1S/C21H34O5/c1-3-4-6-9-17(22)13-12-16-14-18(20(24)15-16)19(23)10-7-5-8-11-21(25)26-2/h12-14,16-17,19,22-23H,3-11,15H2,1-2H3. The van der Waals surface area contributed by atoms with Crippen molar-refractivity contribution in [2.75, 3.05) is 7.11 Å². The molecule has 1 aliphatic carbocycles. The largest absolute Gasteiger partial charge is 0.469 e. The number of esters is 1. The molecule has 0 saturated carbocycles. The van der Waals surface area contributed by atoms with E-state index < -0.39 is 12.2 Å². The number of allylic oxidation sites excluding steroid dienone is 2. The molecule has 1 rings (SSSR count). The number of carbonyl (C=O) groups is 2. The van der Waals surface area contributed by atoms with Gasteiger partial charge >= 0.3 is 5.97 Å². The Hall–Kier alpha value is -1.46. The third-order valence-corrected chi connectivity index (χ3v) is 4.77. The van der Waals surface area contributed by atoms with E-state index in [1.807, 2.05) is 12.2 Å². The zero-order chi connectivity index (χ0) is 19.4. The van der Waals surface area contributed by atoms with Crippen LogP contribution < -0.4 is 0 Å². The van der Waals surface area contributed by atoms with Crippen LogP contribution in [0.4, 0.5) is 0 Å². The number of unbranched alkanes of at least 4 members (excludes halogenated alkanes) is 4. The fourth-order valence-corrected chi connectivity index (χ4v) is 3.15. The van der Waals surface area contributed by atoms with Gasteiger partial charge in [0.05, 0.1) is 19.3 Å². The van der Waals surface area contributed by atoms with Crippen LogP contribution in [0.5, 0.6) is 0 Å². The highest BCUT2D eigenvalue weighted by Gasteiger charge is 2.27. The molecule has 26 heavy (non-hydrogen) atoms. The van der Waals surface area contributed by atoms with Gasteiger partial charge in [-0.1, -0.05) is 57.3 Å². The van der Waals surface area contributed by atoms with Crippen LogP contribution in [0.25, 0.3) is 0 Å². The van der Waals surface area contributed by atoms with E-state index in [1.54, 1.807) is 6.08 Å². The summed E-state index contributed by atoms with van der Waals surface area (Å²) in [4.78, 5) is 23.1. The monoisotopic (exact) mass is 366 g/mol. The number of hydrogen-bond acceptors (Lipinski definition) is 5. The van der Waals surface area contributed by atoms with Gasteiger partial charge in [0.15, 0.2) is 5.78 Å². The highest BCUT2D eigenvalue weighted by Crippen LogP contribution is 2.26. The number of Topliss-reactive ketones (excluding diaryl/α,β-unsaturated/α-hetero) is 1. The molecule has 0 radical (unpaired) electrons. The summed E-state index contributed by atoms with van der Waals surface area (Å²) in [6, 6.07) is 0. The maximum atomic E-state index is 12.1. The van der Waals surface area contributed by atoms with Crippen LogP contribution >= 0.6 is 0 Å². The minimum Gasteiger partial charge on any atom is -0.469 e. The van der Waals surface area contributed by atoms with E-state index in [0.29, 0.717) is 24.8 Å². The number of hydrogen-bond donors (Lipinski definition) is 2. The topological polar surface area (TPSA) is 83.8 Å². The van der Waals surface area contributed by atoms with E-state index in [-0.39, 0.29) is 17.7 Å². The second-order valence-electron chi connectivity index (χ2n) is 7.05. The summed E-state index contributed by atoms with van der Waals surface area (Å²) in [5.74, 6) is -0.264. The van der Waals surface area contributed by atoms with Crippen molar-refractivity contribution in [3.8, 4) is 0 Å². The van der Waals surface area contributed by atoms with Crippen molar-refractivity contribution in [1.82, 2.24) is 0 Å². The third-order valence-electron chi connectivity index (χ3n) is 4.77. The SMILES string of the molecule is CCCCCC(O)C=CC1C=C(C(O)CCCCCC(=O)OC)C(=O)C1. The molecule has 1 aliphatic rings. The van der Waals surface area contributed by atoms with Gasteiger partial charge in [0.25, 0.3) is 0 Å². The minimum atomic E-state index is -0.742. The Bertz CT molecular complexity index is 495. The summed E-state index contributed by atoms with van der Waals surface area (Å²) in [7, 11) is 1.37. The van der Waals surface area contributed by atoms with Crippen molar-refractivity contribution in [2.45, 2.75) is 83.3 Å². The van der Waals surface area contributed by atoms with Gasteiger partial charge < -0.3 is 14.9 Å². The van der Waals surface area contributed by atoms with Crippen LogP contribution in [-0.2, 0) is 14.3 Å². The number of methoxy groups -OCH3 is 1. The molecule has 0 saturated heterocycles. The second kappa shape index (κ2) is 12.8. The molecular weight excluding hydrogens is 332 g/mol. The van der Waals surface area contributed by atoms with Gasteiger partial charge in [-0.05, 0) is 19.3 Å². The van der Waals surface area contributed by atoms with Crippen LogP contribution in [0.1, 0.15) is 71.1 Å². The second-order valence-corrected chi connectivity index (χ2v) is 7.05. The van der Waals surface area contributed by atoms with Gasteiger partial charge in [-0.2, -0.15) is 0 Å². The molecule has 0 spiro atoms. The Labute approximate surface area is 157 Å². The Morgan fingerprint density at radius 1 is 1.23 bits per heavy atom. The highest BCUT2D eigenvalue weighted by atomic mass is 16.5. The average Bonchev–Trinajstić information content (AvgIpc) is 3.00. The maximum Gasteiger partial charge on any atom is 0.305 e. The number of aliphatic hydroxyl groups is 2. The predicted molar refractivity (Wildman–Crippen MR) is 102 cm³/mol. The first-order chi connectivity index (χ1) is 12.5. The summed E-state index contributed by atoms with van der Waals surface area (Å²) in [5, 5.41) is 20.2. The van der Waals surface area contributed by atoms with E-state index >= 15 is 0 Å². The van der Waals surface area contributed by atoms with Crippen molar-refractivity contribution < 1.29 is 24.5 Å². The molecule has 0 bridgehead atoms. The lowest BCUT2D eigenvalue weighted by Gasteiger charge is -2.10. The van der Waals surface area contributed by atoms with Gasteiger partial charge in [0.1, 0.15) is 0 Å². The first kappa shape index (κ1) is 22.6. The zero-order valence-electron chi connectivity index (χ0n) is 16.2. The smallest absolute Gasteiger partial charge is 0.305 e. The lowest BCUT2D eigenvalue weighted by molar-refractivity contribution is -0.140. The van der Waals surface area contributed by atoms with Crippen LogP contribution in [0.15, 0.2) is 23.8 Å². The number of ether oxygens (including phenoxy) is 1. The molecule has 5 heteroatoms. The molecule has 3 atom stereocenters. The molecule has 3 unspecified atom stereocenters. The quantitative estimate of drug-likeness (QED) is 0.296. The minimum absolute atomic E-state index is 0.0119. The molecular formula is C21H34O5. The maximum absolute atomic E-state index is 12.1. The van der Waals surface area contributed by atoms with Gasteiger partial charge in [-0.15, -0.1) is 0 Å². The van der Waals surface area contributed by atoms with Crippen LogP contribution in [0.3, 0.4) is 0 Å². The lowest BCUT2D eigenvalue weighted by atomic mass is 10.0. The normalized spacial score (nSPS) is 19.6. The van der Waals surface area contributed by atoms with Crippen molar-refractivity contribution in [3.05, 3.63) is 23.8 Å². The fourth-order valence-electron chi connectivity index (χ4n) is 3.15. The first-order valence-electron chi connectivity index (χ1n) is 9.84. The Morgan fingerprint density at radius 2 is 1.96 bits per heavy atom. The summed E-state index contributed by atoms with van der Waals surface area (Å²) in [5.41, 5.74) is 0.494. The Morgan fingerprint density at radius 3 is 2.65 bits per heavy atom. The molecule has 0 aliphatic heterocycles. The van der Waals surface area contributed by atoms with Crippen LogP contribution in [0.2, 0.25) is 0 Å². The molecule has 0 amide bonds. The molecule has 2 N–H and O–H groups in total. The number of rotatable bonds is 13. The van der Waals surface area contributed by atoms with E-state index in [9.17, 15) is 19.8 Å². The summed E-state index contributed by atoms with van der Waals surface area (Å²) >= 11 is 0. The van der Waals surface area contributed by atoms with Gasteiger partial charge in [0.2, 0.25) is 0 Å². The number of aliphatic hydroxyl groups excluding tert-OH is 2. The van der Waals surface area contributed by atoms with Crippen LogP contribution in [-0.4, -0.2) is 41.3 Å². The Kier molecular flexibility index (Phi) is 11.1. The molecule has 0 aromatic carbocycles. The van der Waals surface area contributed by atoms with Gasteiger partial charge in [-0.3, -0.25) is 9.59 Å². The van der Waals surface area contributed by atoms with Crippen molar-refractivity contribution in [3.63, 3.8) is 0 Å². The van der Waals surface area contributed by atoms with Crippen molar-refractivity contribution in [1.29, 1.82) is 0 Å². The molecule has 5 nitrogen and oxygen atoms in total. The van der Waals surface area contributed by atoms with E-state index in [1.165, 1.54) is 7.11 Å². The molecule has 0 aromatic rings. The number of ketones is 1. The lowest BCUT2D eigenvalue weighted by Crippen LogP contribution is -2.15. The summed E-state index contributed by atoms with van der Waals surface area (Å²) < 4.78 is 4.59. The van der Waals surface area contributed by atoms with Crippen LogP contribution in [0, 0.1) is 5.92 Å². The Balaban J connectivity index is 2.35. The highest BCUT2D eigenvalue weighted by molar-refractivity contribution is 5.99. The summed E-state index contributed by atoms with van der Waals surface area (Å²) in [6.07, 6.45) is 11.9. The van der Waals surface area contributed by atoms with Crippen molar-refractivity contribution >= 4 is 11.8 Å². The van der Waals surface area contributed by atoms with E-state index in [2.05, 4.69) is 11.7 Å². The predicted octanol–water partition coefficient (Wildman–Crippen LogP) is 3.48. The zero-order valence-corrected chi connectivity index (χ0v) is 16.2. The van der Waals surface area contributed by atoms with Gasteiger partial charge in [0, 0.05) is 24.3 Å². The molecule has 148 valence electrons. The van der Waals surface area contributed by atoms with E-state index in [4.69, 9.17) is 0 Å².